The summed E-state index contributed by atoms with van der Waals surface area (Å²) in [5, 5.41) is 0. The van der Waals surface area contributed by atoms with E-state index in [1.54, 1.807) is 18.2 Å². The second kappa shape index (κ2) is 10.8. The molecule has 0 radical (unpaired) electrons. The molecule has 0 bridgehead atoms. The molecule has 172 valence electrons. The number of fused-ring (bicyclic) bond motifs is 3. The average molecular weight is 440 g/mol. The first kappa shape index (κ1) is 25.6. The standard InChI is InChI=1S/C24H25F2N2.2C2H6/c1-5-24(6-2)20-13-18(26)11-12-19(20)23-22(16-7-9-17(25)10-8-16)27-21(15(3)4)14-28(23)24;2*1-2/h7-15H,5-6H2,1-4H3;2*1-2H3/q+1;;. The predicted molar refractivity (Wildman–Crippen MR) is 130 cm³/mol. The van der Waals surface area contributed by atoms with Crippen molar-refractivity contribution in [2.75, 3.05) is 0 Å². The molecule has 1 aromatic heterocycles. The highest BCUT2D eigenvalue weighted by Crippen LogP contribution is 2.45. The van der Waals surface area contributed by atoms with Crippen LogP contribution in [0.25, 0.3) is 22.5 Å². The molecule has 2 heterocycles. The number of benzene rings is 2. The zero-order valence-corrected chi connectivity index (χ0v) is 20.8. The van der Waals surface area contributed by atoms with Gasteiger partial charge in [0.15, 0.2) is 11.7 Å². The first-order valence-corrected chi connectivity index (χ1v) is 11.9. The normalized spacial score (nSPS) is 12.8. The minimum Gasteiger partial charge on any atom is -0.239 e. The summed E-state index contributed by atoms with van der Waals surface area (Å²) in [5.74, 6) is -0.255. The Morgan fingerprint density at radius 2 is 1.44 bits per heavy atom. The molecule has 0 aliphatic carbocycles. The van der Waals surface area contributed by atoms with Crippen molar-refractivity contribution in [2.45, 2.75) is 79.7 Å². The molecule has 4 heteroatoms. The summed E-state index contributed by atoms with van der Waals surface area (Å²) < 4.78 is 30.0. The number of rotatable bonds is 4. The molecule has 0 saturated carbocycles. The molecule has 3 aromatic rings. The van der Waals surface area contributed by atoms with Crippen molar-refractivity contribution < 1.29 is 13.3 Å². The lowest BCUT2D eigenvalue weighted by Crippen LogP contribution is -2.54. The SMILES string of the molecule is CC.CC.CCC1(CC)c2cc(F)ccc2-c2c(-c3ccc(F)cc3)nc(C(C)C)c[n+]21. The van der Waals surface area contributed by atoms with E-state index in [1.807, 2.05) is 33.8 Å². The van der Waals surface area contributed by atoms with Gasteiger partial charge in [0.2, 0.25) is 5.69 Å². The van der Waals surface area contributed by atoms with Crippen molar-refractivity contribution in [2.24, 2.45) is 0 Å². The van der Waals surface area contributed by atoms with Crippen LogP contribution in [0, 0.1) is 11.6 Å². The molecule has 0 spiro atoms. The van der Waals surface area contributed by atoms with Gasteiger partial charge in [-0.15, -0.1) is 0 Å². The summed E-state index contributed by atoms with van der Waals surface area (Å²) in [7, 11) is 0. The molecule has 0 atom stereocenters. The number of aromatic nitrogens is 2. The fourth-order valence-electron chi connectivity index (χ4n) is 4.41. The zero-order chi connectivity index (χ0) is 24.1. The second-order valence-electron chi connectivity index (χ2n) is 7.82. The molecule has 2 nitrogen and oxygen atoms in total. The van der Waals surface area contributed by atoms with Gasteiger partial charge in [-0.3, -0.25) is 0 Å². The topological polar surface area (TPSA) is 16.8 Å². The van der Waals surface area contributed by atoms with Crippen LogP contribution in [0.3, 0.4) is 0 Å². The Balaban J connectivity index is 0.000000860. The van der Waals surface area contributed by atoms with Gasteiger partial charge in [0.1, 0.15) is 23.0 Å². The highest BCUT2D eigenvalue weighted by atomic mass is 19.1. The Labute approximate surface area is 192 Å². The van der Waals surface area contributed by atoms with E-state index in [2.05, 4.69) is 38.5 Å². The molecule has 0 N–H and O–H groups in total. The molecule has 0 saturated heterocycles. The summed E-state index contributed by atoms with van der Waals surface area (Å²) in [5.41, 5.74) is 5.34. The molecule has 32 heavy (non-hydrogen) atoms. The lowest BCUT2D eigenvalue weighted by molar-refractivity contribution is -0.740. The van der Waals surface area contributed by atoms with Gasteiger partial charge in [-0.2, -0.15) is 4.57 Å². The monoisotopic (exact) mass is 439 g/mol. The number of hydrogen-bond acceptors (Lipinski definition) is 1. The van der Waals surface area contributed by atoms with Crippen molar-refractivity contribution in [1.29, 1.82) is 0 Å². The molecule has 0 amide bonds. The van der Waals surface area contributed by atoms with Crippen LogP contribution in [-0.2, 0) is 5.54 Å². The summed E-state index contributed by atoms with van der Waals surface area (Å²) in [6, 6.07) is 11.5. The summed E-state index contributed by atoms with van der Waals surface area (Å²) in [6.07, 6.45) is 3.82. The first-order valence-electron chi connectivity index (χ1n) is 11.9. The molecular weight excluding hydrogens is 402 g/mol. The largest absolute Gasteiger partial charge is 0.240 e. The molecule has 0 unspecified atom stereocenters. The Hall–Kier alpha value is -2.62. The summed E-state index contributed by atoms with van der Waals surface area (Å²) in [6.45, 7) is 16.5. The average Bonchev–Trinajstić information content (AvgIpc) is 3.10. The minimum atomic E-state index is -0.311. The van der Waals surface area contributed by atoms with E-state index in [4.69, 9.17) is 4.98 Å². The number of nitrogens with zero attached hydrogens (tertiary/aromatic N) is 2. The highest BCUT2D eigenvalue weighted by Gasteiger charge is 2.50. The minimum absolute atomic E-state index is 0.223. The van der Waals surface area contributed by atoms with Gasteiger partial charge in [-0.05, 0) is 42.5 Å². The molecule has 2 aromatic carbocycles. The van der Waals surface area contributed by atoms with Gasteiger partial charge < -0.3 is 0 Å². The fraction of sp³-hybridized carbons (Fsp3) is 0.429. The predicted octanol–water partition coefficient (Wildman–Crippen LogP) is 8.03. The third-order valence-corrected chi connectivity index (χ3v) is 6.05. The summed E-state index contributed by atoms with van der Waals surface area (Å²) in [4.78, 5) is 4.96. The molecule has 4 rings (SSSR count). The Kier molecular flexibility index (Phi) is 8.65. The first-order chi connectivity index (χ1) is 15.4. The fourth-order valence-corrected chi connectivity index (χ4v) is 4.41. The van der Waals surface area contributed by atoms with Crippen LogP contribution < -0.4 is 4.57 Å². The van der Waals surface area contributed by atoms with Crippen LogP contribution in [0.1, 0.15) is 85.4 Å². The molecular formula is C28H37F2N2+. The van der Waals surface area contributed by atoms with Crippen LogP contribution in [0.4, 0.5) is 8.78 Å². The number of hydrogen-bond donors (Lipinski definition) is 0. The quantitative estimate of drug-likeness (QED) is 0.376. The third kappa shape index (κ3) is 4.32. The van der Waals surface area contributed by atoms with E-state index in [0.29, 0.717) is 0 Å². The third-order valence-electron chi connectivity index (χ3n) is 6.05. The smallest absolute Gasteiger partial charge is 0.239 e. The Morgan fingerprint density at radius 1 is 0.875 bits per heavy atom. The van der Waals surface area contributed by atoms with Crippen molar-refractivity contribution in [3.8, 4) is 22.5 Å². The zero-order valence-electron chi connectivity index (χ0n) is 20.8. The van der Waals surface area contributed by atoms with E-state index < -0.39 is 0 Å². The lowest BCUT2D eigenvalue weighted by Gasteiger charge is -2.23. The number of halogens is 2. The van der Waals surface area contributed by atoms with E-state index in [9.17, 15) is 8.78 Å². The van der Waals surface area contributed by atoms with Crippen molar-refractivity contribution in [1.82, 2.24) is 4.98 Å². The van der Waals surface area contributed by atoms with Gasteiger partial charge in [-0.25, -0.2) is 13.8 Å². The molecule has 1 aliphatic heterocycles. The maximum absolute atomic E-state index is 14.2. The van der Waals surface area contributed by atoms with E-state index in [0.717, 1.165) is 46.6 Å². The van der Waals surface area contributed by atoms with Gasteiger partial charge in [0.05, 0.1) is 5.56 Å². The maximum Gasteiger partial charge on any atom is 0.240 e. The van der Waals surface area contributed by atoms with Gasteiger partial charge in [0.25, 0.3) is 0 Å². The van der Waals surface area contributed by atoms with E-state index >= 15 is 0 Å². The van der Waals surface area contributed by atoms with Gasteiger partial charge >= 0.3 is 0 Å². The lowest BCUT2D eigenvalue weighted by atomic mass is 9.84. The van der Waals surface area contributed by atoms with Gasteiger partial charge in [-0.1, -0.05) is 55.4 Å². The van der Waals surface area contributed by atoms with Crippen LogP contribution in [0.5, 0.6) is 0 Å². The van der Waals surface area contributed by atoms with Crippen molar-refractivity contribution in [3.05, 3.63) is 71.6 Å². The van der Waals surface area contributed by atoms with E-state index in [-0.39, 0.29) is 23.1 Å². The van der Waals surface area contributed by atoms with Crippen LogP contribution in [-0.4, -0.2) is 4.98 Å². The maximum atomic E-state index is 14.2. The molecule has 1 aliphatic rings. The van der Waals surface area contributed by atoms with Crippen molar-refractivity contribution >= 4 is 0 Å². The van der Waals surface area contributed by atoms with Crippen LogP contribution >= 0.6 is 0 Å². The Bertz CT molecular complexity index is 1040. The Morgan fingerprint density at radius 3 is 1.97 bits per heavy atom. The molecule has 0 fully saturated rings. The van der Waals surface area contributed by atoms with Gasteiger partial charge in [0, 0.05) is 29.9 Å². The van der Waals surface area contributed by atoms with Crippen LogP contribution in [0.15, 0.2) is 48.7 Å². The summed E-state index contributed by atoms with van der Waals surface area (Å²) >= 11 is 0. The van der Waals surface area contributed by atoms with Crippen molar-refractivity contribution in [3.63, 3.8) is 0 Å². The van der Waals surface area contributed by atoms with Crippen LogP contribution in [0.2, 0.25) is 0 Å². The van der Waals surface area contributed by atoms with E-state index in [1.165, 1.54) is 18.2 Å². The highest BCUT2D eigenvalue weighted by molar-refractivity contribution is 5.79. The second-order valence-corrected chi connectivity index (χ2v) is 7.82.